The lowest BCUT2D eigenvalue weighted by Gasteiger charge is -2.62. The van der Waals surface area contributed by atoms with Crippen molar-refractivity contribution in [1.82, 2.24) is 19.9 Å². The van der Waals surface area contributed by atoms with Gasteiger partial charge in [0.1, 0.15) is 18.2 Å². The minimum absolute atomic E-state index is 0.00558. The third-order valence-electron chi connectivity index (χ3n) is 9.15. The number of benzene rings is 3. The highest BCUT2D eigenvalue weighted by Crippen LogP contribution is 2.55. The first-order valence-electron chi connectivity index (χ1n) is 14.6. The Bertz CT molecular complexity index is 1860. The highest BCUT2D eigenvalue weighted by atomic mass is 32.1. The van der Waals surface area contributed by atoms with Gasteiger partial charge < -0.3 is 24.8 Å². The Labute approximate surface area is 256 Å². The molecule has 224 valence electrons. The molecule has 0 bridgehead atoms. The molecule has 3 aromatic carbocycles. The molecule has 2 aliphatic carbocycles. The summed E-state index contributed by atoms with van der Waals surface area (Å²) in [6.45, 7) is 1.93. The lowest BCUT2D eigenvalue weighted by molar-refractivity contribution is -0.136. The number of carbonyl (C=O) groups excluding carboxylic acids is 1. The summed E-state index contributed by atoms with van der Waals surface area (Å²) in [5, 5.41) is 19.5. The minimum atomic E-state index is -0.957. The van der Waals surface area contributed by atoms with Gasteiger partial charge in [0.2, 0.25) is 10.1 Å². The van der Waals surface area contributed by atoms with Gasteiger partial charge in [-0.05, 0) is 47.2 Å². The van der Waals surface area contributed by atoms with Crippen LogP contribution in [0.5, 0.6) is 5.75 Å². The third-order valence-corrected chi connectivity index (χ3v) is 10.1. The van der Waals surface area contributed by atoms with Gasteiger partial charge in [-0.3, -0.25) is 0 Å². The number of methoxy groups -OCH3 is 1. The highest BCUT2D eigenvalue weighted by Gasteiger charge is 2.60. The van der Waals surface area contributed by atoms with Gasteiger partial charge in [0.25, 0.3) is 0 Å². The van der Waals surface area contributed by atoms with Crippen LogP contribution in [0.15, 0.2) is 72.9 Å². The molecule has 1 saturated carbocycles. The van der Waals surface area contributed by atoms with Crippen LogP contribution in [0.3, 0.4) is 0 Å². The SMILES string of the molecule is COc1cc(F)ccc1-c1cnc2sc(N3CC4(C3)CC(O)(CNC(=O)OCC3c5ccccc5-c5ccccc53)C4)nn12. The highest BCUT2D eigenvalue weighted by molar-refractivity contribution is 7.20. The summed E-state index contributed by atoms with van der Waals surface area (Å²) in [6, 6.07) is 20.9. The Kier molecular flexibility index (Phi) is 6.18. The second-order valence-corrected chi connectivity index (χ2v) is 13.1. The number of hydrogen-bond acceptors (Lipinski definition) is 8. The van der Waals surface area contributed by atoms with Crippen molar-refractivity contribution in [2.45, 2.75) is 24.4 Å². The Morgan fingerprint density at radius 2 is 1.77 bits per heavy atom. The first-order chi connectivity index (χ1) is 21.3. The molecule has 9 nitrogen and oxygen atoms in total. The summed E-state index contributed by atoms with van der Waals surface area (Å²) in [4.78, 5) is 20.1. The number of alkyl carbamates (subject to hydrolysis) is 1. The maximum absolute atomic E-state index is 13.7. The first-order valence-corrected chi connectivity index (χ1v) is 15.4. The molecule has 0 radical (unpaired) electrons. The van der Waals surface area contributed by atoms with Gasteiger partial charge in [-0.25, -0.2) is 18.7 Å². The quantitative estimate of drug-likeness (QED) is 0.252. The number of imidazole rings is 1. The van der Waals surface area contributed by atoms with Crippen LogP contribution < -0.4 is 15.0 Å². The van der Waals surface area contributed by atoms with Crippen molar-refractivity contribution in [2.24, 2.45) is 5.41 Å². The number of nitrogens with zero attached hydrogens (tertiary/aromatic N) is 4. The van der Waals surface area contributed by atoms with Crippen LogP contribution in [0.4, 0.5) is 14.3 Å². The predicted molar refractivity (Wildman–Crippen MR) is 165 cm³/mol. The van der Waals surface area contributed by atoms with Gasteiger partial charge in [-0.1, -0.05) is 59.9 Å². The smallest absolute Gasteiger partial charge is 0.407 e. The lowest BCUT2D eigenvalue weighted by atomic mass is 9.55. The Morgan fingerprint density at radius 3 is 2.48 bits per heavy atom. The van der Waals surface area contributed by atoms with E-state index in [0.717, 1.165) is 40.0 Å². The fraction of sp³-hybridized carbons (Fsp3) is 0.303. The van der Waals surface area contributed by atoms with Crippen molar-refractivity contribution in [3.05, 3.63) is 89.9 Å². The summed E-state index contributed by atoms with van der Waals surface area (Å²) in [6.07, 6.45) is 2.39. The van der Waals surface area contributed by atoms with Crippen LogP contribution in [0, 0.1) is 11.2 Å². The number of aromatic nitrogens is 3. The van der Waals surface area contributed by atoms with E-state index < -0.39 is 11.7 Å². The zero-order valence-corrected chi connectivity index (χ0v) is 24.8. The number of rotatable bonds is 7. The lowest BCUT2D eigenvalue weighted by Crippen LogP contribution is -2.70. The second kappa shape index (κ2) is 10.0. The molecule has 3 aliphatic rings. The summed E-state index contributed by atoms with van der Waals surface area (Å²) >= 11 is 1.49. The van der Waals surface area contributed by atoms with E-state index >= 15 is 0 Å². The van der Waals surface area contributed by atoms with E-state index in [1.165, 1.54) is 41.7 Å². The predicted octanol–water partition coefficient (Wildman–Crippen LogP) is 5.48. The summed E-state index contributed by atoms with van der Waals surface area (Å²) < 4.78 is 26.5. The average molecular weight is 612 g/mol. The molecule has 5 aromatic rings. The monoisotopic (exact) mass is 611 g/mol. The second-order valence-electron chi connectivity index (χ2n) is 12.2. The first kappa shape index (κ1) is 27.1. The van der Waals surface area contributed by atoms with Gasteiger partial charge >= 0.3 is 6.09 Å². The van der Waals surface area contributed by atoms with Crippen molar-refractivity contribution in [3.63, 3.8) is 0 Å². The van der Waals surface area contributed by atoms with E-state index in [2.05, 4.69) is 39.5 Å². The van der Waals surface area contributed by atoms with Crippen LogP contribution in [-0.2, 0) is 4.74 Å². The van der Waals surface area contributed by atoms with Gasteiger partial charge in [0, 0.05) is 42.6 Å². The molecular weight excluding hydrogens is 581 g/mol. The van der Waals surface area contributed by atoms with Crippen LogP contribution in [-0.4, -0.2) is 64.7 Å². The Morgan fingerprint density at radius 1 is 1.07 bits per heavy atom. The molecule has 44 heavy (non-hydrogen) atoms. The maximum atomic E-state index is 13.7. The number of halogens is 1. The van der Waals surface area contributed by atoms with Gasteiger partial charge in [0.05, 0.1) is 24.6 Å². The molecule has 8 rings (SSSR count). The van der Waals surface area contributed by atoms with Gasteiger partial charge in [0.15, 0.2) is 0 Å². The normalized spacial score (nSPS) is 17.6. The van der Waals surface area contributed by atoms with Gasteiger partial charge in [-0.2, -0.15) is 0 Å². The van der Waals surface area contributed by atoms with E-state index in [0.29, 0.717) is 24.2 Å². The zero-order valence-electron chi connectivity index (χ0n) is 24.0. The number of hydrogen-bond donors (Lipinski definition) is 2. The number of anilines is 1. The van der Waals surface area contributed by atoms with Crippen LogP contribution >= 0.6 is 11.3 Å². The largest absolute Gasteiger partial charge is 0.496 e. The molecule has 1 aliphatic heterocycles. The number of aliphatic hydroxyl groups is 1. The van der Waals surface area contributed by atoms with Crippen molar-refractivity contribution in [3.8, 4) is 28.1 Å². The number of nitrogens with one attached hydrogen (secondary N) is 1. The van der Waals surface area contributed by atoms with E-state index in [1.807, 2.05) is 24.3 Å². The molecule has 1 amide bonds. The average Bonchev–Trinajstić information content (AvgIpc) is 3.68. The fourth-order valence-electron chi connectivity index (χ4n) is 7.35. The molecule has 0 unspecified atom stereocenters. The fourth-order valence-corrected chi connectivity index (χ4v) is 8.22. The molecule has 1 saturated heterocycles. The Balaban J connectivity index is 0.854. The molecular formula is C33H30FN5O4S. The van der Waals surface area contributed by atoms with Crippen molar-refractivity contribution in [2.75, 3.05) is 38.3 Å². The summed E-state index contributed by atoms with van der Waals surface area (Å²) in [7, 11) is 1.51. The summed E-state index contributed by atoms with van der Waals surface area (Å²) in [5.41, 5.74) is 5.17. The molecule has 1 spiro atoms. The maximum Gasteiger partial charge on any atom is 0.407 e. The van der Waals surface area contributed by atoms with Crippen LogP contribution in [0.1, 0.15) is 29.9 Å². The van der Waals surface area contributed by atoms with E-state index in [4.69, 9.17) is 14.6 Å². The molecule has 3 heterocycles. The number of ether oxygens (including phenoxy) is 2. The zero-order chi connectivity index (χ0) is 30.1. The minimum Gasteiger partial charge on any atom is -0.496 e. The summed E-state index contributed by atoms with van der Waals surface area (Å²) in [5.74, 6) is 0.0430. The van der Waals surface area contributed by atoms with Gasteiger partial charge in [-0.15, -0.1) is 5.10 Å². The number of fused-ring (bicyclic) bond motifs is 4. The molecule has 2 aromatic heterocycles. The molecule has 11 heteroatoms. The molecule has 2 N–H and O–H groups in total. The number of carbonyl (C=O) groups is 1. The molecule has 2 fully saturated rings. The van der Waals surface area contributed by atoms with E-state index in [1.54, 1.807) is 16.8 Å². The standard InChI is InChI=1S/C33H30FN5O4S/c1-42-28-12-20(34)10-11-25(28)27-13-35-29-39(27)37-30(44-29)38-18-32(19-38)15-33(41,16-32)17-36-31(40)43-14-26-23-8-4-2-6-21(23)22-7-3-5-9-24(22)26/h2-13,26,41H,14-19H2,1H3,(H,36,40). The van der Waals surface area contributed by atoms with Crippen LogP contribution in [0.2, 0.25) is 0 Å². The van der Waals surface area contributed by atoms with Crippen molar-refractivity contribution >= 4 is 27.5 Å². The van der Waals surface area contributed by atoms with Crippen molar-refractivity contribution in [1.29, 1.82) is 0 Å². The van der Waals surface area contributed by atoms with E-state index in [-0.39, 0.29) is 30.3 Å². The molecule has 0 atom stereocenters. The third kappa shape index (κ3) is 4.41. The Hall–Kier alpha value is -4.48. The number of amides is 1. The van der Waals surface area contributed by atoms with E-state index in [9.17, 15) is 14.3 Å². The van der Waals surface area contributed by atoms with Crippen molar-refractivity contribution < 1.29 is 23.8 Å². The van der Waals surface area contributed by atoms with Crippen LogP contribution in [0.25, 0.3) is 27.3 Å². The topological polar surface area (TPSA) is 101 Å².